The first kappa shape index (κ1) is 11.8. The summed E-state index contributed by atoms with van der Waals surface area (Å²) in [6.07, 6.45) is 0. The normalized spacial score (nSPS) is 11.3. The van der Waals surface area contributed by atoms with Crippen molar-refractivity contribution in [1.29, 1.82) is 0 Å². The van der Waals surface area contributed by atoms with Crippen molar-refractivity contribution in [2.45, 2.75) is 9.79 Å². The van der Waals surface area contributed by atoms with Crippen molar-refractivity contribution < 1.29 is 22.9 Å². The number of nitrogen functional groups attached to an aromatic ring is 1. The van der Waals surface area contributed by atoms with E-state index in [0.717, 1.165) is 12.1 Å². The zero-order valence-corrected chi connectivity index (χ0v) is 8.92. The van der Waals surface area contributed by atoms with Crippen molar-refractivity contribution in [2.75, 3.05) is 5.73 Å². The van der Waals surface area contributed by atoms with Gasteiger partial charge in [0.25, 0.3) is 10.1 Å². The number of carboxylic acid groups (broad SMARTS) is 1. The monoisotopic (exact) mass is 249 g/mol. The summed E-state index contributed by atoms with van der Waals surface area (Å²) in [5.74, 6) is -1.30. The summed E-state index contributed by atoms with van der Waals surface area (Å²) in [6, 6.07) is 1.91. The first-order chi connectivity index (χ1) is 6.75. The van der Waals surface area contributed by atoms with Crippen LogP contribution >= 0.6 is 12.6 Å². The van der Waals surface area contributed by atoms with Gasteiger partial charge in [0, 0.05) is 4.90 Å². The van der Waals surface area contributed by atoms with Crippen molar-refractivity contribution in [1.82, 2.24) is 0 Å². The molecule has 0 heterocycles. The molecule has 0 unspecified atom stereocenters. The highest BCUT2D eigenvalue weighted by Crippen LogP contribution is 2.28. The summed E-state index contributed by atoms with van der Waals surface area (Å²) in [7, 11) is -4.45. The lowest BCUT2D eigenvalue weighted by Gasteiger charge is -2.07. The molecule has 0 aliphatic rings. The van der Waals surface area contributed by atoms with E-state index < -0.39 is 21.0 Å². The van der Waals surface area contributed by atoms with Crippen LogP contribution in [0.15, 0.2) is 21.9 Å². The van der Waals surface area contributed by atoms with Crippen molar-refractivity contribution in [3.05, 3.63) is 17.7 Å². The standard InChI is InChI=1S/C7H7NO5S2/c8-5-3(7(9)10)1-2-4(6(5)14)15(11,12)13/h1-2,14H,8H2,(H,9,10)(H,11,12,13). The number of aromatic carboxylic acids is 1. The largest absolute Gasteiger partial charge is 0.478 e. The van der Waals surface area contributed by atoms with Gasteiger partial charge < -0.3 is 10.8 Å². The minimum atomic E-state index is -4.45. The molecule has 0 saturated carbocycles. The predicted molar refractivity (Wildman–Crippen MR) is 54.9 cm³/mol. The number of rotatable bonds is 2. The molecule has 8 heteroatoms. The van der Waals surface area contributed by atoms with Crippen LogP contribution in [-0.2, 0) is 10.1 Å². The van der Waals surface area contributed by atoms with Crippen LogP contribution in [0.5, 0.6) is 0 Å². The second-order valence-corrected chi connectivity index (χ2v) is 4.49. The summed E-state index contributed by atoms with van der Waals surface area (Å²) in [5.41, 5.74) is 4.77. The quantitative estimate of drug-likeness (QED) is 0.344. The van der Waals surface area contributed by atoms with Crippen molar-refractivity contribution in [2.24, 2.45) is 0 Å². The Morgan fingerprint density at radius 1 is 1.40 bits per heavy atom. The maximum absolute atomic E-state index is 10.8. The smallest absolute Gasteiger partial charge is 0.337 e. The molecule has 0 atom stereocenters. The number of hydrogen-bond acceptors (Lipinski definition) is 5. The summed E-state index contributed by atoms with van der Waals surface area (Å²) < 4.78 is 30.3. The highest BCUT2D eigenvalue weighted by Gasteiger charge is 2.19. The van der Waals surface area contributed by atoms with Crippen molar-refractivity contribution in [3.8, 4) is 0 Å². The van der Waals surface area contributed by atoms with Crippen molar-refractivity contribution >= 4 is 34.4 Å². The molecule has 0 fully saturated rings. The SMILES string of the molecule is Nc1c(C(=O)O)ccc(S(=O)(=O)O)c1S. The lowest BCUT2D eigenvalue weighted by molar-refractivity contribution is 0.0697. The first-order valence-electron chi connectivity index (χ1n) is 3.57. The number of nitrogens with two attached hydrogens (primary N) is 1. The van der Waals surface area contributed by atoms with Gasteiger partial charge in [-0.1, -0.05) is 0 Å². The highest BCUT2D eigenvalue weighted by molar-refractivity contribution is 7.87. The van der Waals surface area contributed by atoms with E-state index in [1.165, 1.54) is 0 Å². The van der Waals surface area contributed by atoms with E-state index in [1.807, 2.05) is 0 Å². The molecule has 0 radical (unpaired) electrons. The fourth-order valence-corrected chi connectivity index (χ4v) is 2.12. The summed E-state index contributed by atoms with van der Waals surface area (Å²) >= 11 is 3.74. The van der Waals surface area contributed by atoms with Gasteiger partial charge in [-0.3, -0.25) is 4.55 Å². The Hall–Kier alpha value is -1.25. The van der Waals surface area contributed by atoms with Gasteiger partial charge in [-0.05, 0) is 12.1 Å². The molecular formula is C7H7NO5S2. The van der Waals surface area contributed by atoms with Crippen LogP contribution in [0, 0.1) is 0 Å². The lowest BCUT2D eigenvalue weighted by Crippen LogP contribution is -2.07. The molecule has 1 aromatic rings. The molecule has 0 aliphatic heterocycles. The third-order valence-electron chi connectivity index (χ3n) is 1.69. The Balaban J connectivity index is 3.55. The van der Waals surface area contributed by atoms with Gasteiger partial charge in [0.1, 0.15) is 4.90 Å². The third-order valence-corrected chi connectivity index (χ3v) is 3.22. The third kappa shape index (κ3) is 2.22. The Morgan fingerprint density at radius 3 is 2.33 bits per heavy atom. The zero-order chi connectivity index (χ0) is 11.8. The van der Waals surface area contributed by atoms with Crippen molar-refractivity contribution in [3.63, 3.8) is 0 Å². The molecule has 0 bridgehead atoms. The summed E-state index contributed by atoms with van der Waals surface area (Å²) in [4.78, 5) is 9.81. The molecule has 6 nitrogen and oxygen atoms in total. The van der Waals surface area contributed by atoms with Crippen LogP contribution in [0.25, 0.3) is 0 Å². The molecular weight excluding hydrogens is 242 g/mol. The fourth-order valence-electron chi connectivity index (χ4n) is 0.983. The molecule has 82 valence electrons. The molecule has 1 rings (SSSR count). The highest BCUT2D eigenvalue weighted by atomic mass is 32.2. The molecule has 4 N–H and O–H groups in total. The average molecular weight is 249 g/mol. The summed E-state index contributed by atoms with van der Waals surface area (Å²) in [6.45, 7) is 0. The first-order valence-corrected chi connectivity index (χ1v) is 5.46. The van der Waals surface area contributed by atoms with E-state index in [0.29, 0.717) is 0 Å². The molecule has 15 heavy (non-hydrogen) atoms. The number of benzene rings is 1. The maximum atomic E-state index is 10.8. The Bertz CT molecular complexity index is 522. The van der Waals surface area contributed by atoms with Gasteiger partial charge in [0.15, 0.2) is 0 Å². The maximum Gasteiger partial charge on any atom is 0.337 e. The second kappa shape index (κ2) is 3.72. The number of hydrogen-bond donors (Lipinski definition) is 4. The van der Waals surface area contributed by atoms with Gasteiger partial charge in [0.2, 0.25) is 0 Å². The zero-order valence-electron chi connectivity index (χ0n) is 7.21. The number of anilines is 1. The second-order valence-electron chi connectivity index (χ2n) is 2.65. The number of carboxylic acids is 1. The van der Waals surface area contributed by atoms with Gasteiger partial charge in [0.05, 0.1) is 11.3 Å². The molecule has 1 aromatic carbocycles. The Morgan fingerprint density at radius 2 is 1.93 bits per heavy atom. The topological polar surface area (TPSA) is 118 Å². The van der Waals surface area contributed by atoms with Crippen LogP contribution in [0.1, 0.15) is 10.4 Å². The Labute approximate surface area is 90.9 Å². The lowest BCUT2D eigenvalue weighted by atomic mass is 10.2. The molecule has 0 aromatic heterocycles. The van der Waals surface area contributed by atoms with Crippen LogP contribution in [0.4, 0.5) is 5.69 Å². The van der Waals surface area contributed by atoms with Gasteiger partial charge in [-0.2, -0.15) is 8.42 Å². The van der Waals surface area contributed by atoms with Gasteiger partial charge in [-0.25, -0.2) is 4.79 Å². The van der Waals surface area contributed by atoms with Gasteiger partial charge in [-0.15, -0.1) is 12.6 Å². The molecule has 0 amide bonds. The molecule has 0 spiro atoms. The van der Waals surface area contributed by atoms with E-state index >= 15 is 0 Å². The van der Waals surface area contributed by atoms with E-state index in [4.69, 9.17) is 15.4 Å². The van der Waals surface area contributed by atoms with Crippen LogP contribution < -0.4 is 5.73 Å². The summed E-state index contributed by atoms with van der Waals surface area (Å²) in [5, 5.41) is 8.66. The van der Waals surface area contributed by atoms with Gasteiger partial charge >= 0.3 is 5.97 Å². The molecule has 0 saturated heterocycles. The fraction of sp³-hybridized carbons (Fsp3) is 0. The van der Waals surface area contributed by atoms with Crippen LogP contribution in [-0.4, -0.2) is 24.0 Å². The van der Waals surface area contributed by atoms with Crippen LogP contribution in [0.3, 0.4) is 0 Å². The Kier molecular flexibility index (Phi) is 2.93. The minimum absolute atomic E-state index is 0.271. The predicted octanol–water partition coefficient (Wildman–Crippen LogP) is 0.502. The van der Waals surface area contributed by atoms with E-state index in [2.05, 4.69) is 12.6 Å². The average Bonchev–Trinajstić information content (AvgIpc) is 2.06. The number of thiol groups is 1. The van der Waals surface area contributed by atoms with Crippen LogP contribution in [0.2, 0.25) is 0 Å². The van der Waals surface area contributed by atoms with E-state index in [1.54, 1.807) is 0 Å². The number of carbonyl (C=O) groups is 1. The minimum Gasteiger partial charge on any atom is -0.478 e. The molecule has 0 aliphatic carbocycles. The van der Waals surface area contributed by atoms with E-state index in [-0.39, 0.29) is 16.1 Å². The van der Waals surface area contributed by atoms with E-state index in [9.17, 15) is 13.2 Å².